The fraction of sp³-hybridized carbons (Fsp3) is 0.615. The zero-order valence-corrected chi connectivity index (χ0v) is 10.5. The van der Waals surface area contributed by atoms with E-state index >= 15 is 0 Å². The highest BCUT2D eigenvalue weighted by Crippen LogP contribution is 2.24. The molecule has 0 aromatic carbocycles. The molecule has 0 bridgehead atoms. The predicted molar refractivity (Wildman–Crippen MR) is 67.4 cm³/mol. The maximum atomic E-state index is 9.55. The number of aliphatic hydroxyl groups excluding tert-OH is 1. The molecule has 0 radical (unpaired) electrons. The van der Waals surface area contributed by atoms with Crippen molar-refractivity contribution in [1.82, 2.24) is 4.98 Å². The van der Waals surface area contributed by atoms with Crippen LogP contribution in [-0.2, 0) is 0 Å². The third kappa shape index (κ3) is 2.88. The third-order valence-electron chi connectivity index (χ3n) is 3.50. The van der Waals surface area contributed by atoms with Gasteiger partial charge in [-0.05, 0) is 37.8 Å². The monoisotopic (exact) mass is 236 g/mol. The lowest BCUT2D eigenvalue weighted by Gasteiger charge is -2.34. The van der Waals surface area contributed by atoms with E-state index < -0.39 is 0 Å². The van der Waals surface area contributed by atoms with E-state index in [1.54, 1.807) is 13.3 Å². The largest absolute Gasteiger partial charge is 0.495 e. The van der Waals surface area contributed by atoms with Crippen molar-refractivity contribution in [2.75, 3.05) is 25.1 Å². The summed E-state index contributed by atoms with van der Waals surface area (Å²) in [5.41, 5.74) is 0. The Morgan fingerprint density at radius 3 is 2.59 bits per heavy atom. The Bertz CT molecular complexity index is 343. The molecule has 2 heterocycles. The minimum Gasteiger partial charge on any atom is -0.495 e. The Labute approximate surface area is 102 Å². The topological polar surface area (TPSA) is 45.6 Å². The van der Waals surface area contributed by atoms with Gasteiger partial charge in [0.2, 0.25) is 0 Å². The summed E-state index contributed by atoms with van der Waals surface area (Å²) in [6.45, 7) is 3.82. The quantitative estimate of drug-likeness (QED) is 0.867. The number of pyridine rings is 1. The van der Waals surface area contributed by atoms with E-state index in [0.29, 0.717) is 5.92 Å². The molecule has 1 fully saturated rings. The van der Waals surface area contributed by atoms with E-state index in [0.717, 1.165) is 37.5 Å². The van der Waals surface area contributed by atoms with E-state index in [1.807, 2.05) is 19.1 Å². The summed E-state index contributed by atoms with van der Waals surface area (Å²) in [6.07, 6.45) is 3.62. The number of nitrogens with zero attached hydrogens (tertiary/aromatic N) is 2. The number of piperidine rings is 1. The van der Waals surface area contributed by atoms with Crippen molar-refractivity contribution in [2.45, 2.75) is 25.9 Å². The second-order valence-corrected chi connectivity index (χ2v) is 4.62. The summed E-state index contributed by atoms with van der Waals surface area (Å²) >= 11 is 0. The molecule has 17 heavy (non-hydrogen) atoms. The van der Waals surface area contributed by atoms with Crippen LogP contribution in [0, 0.1) is 5.92 Å². The molecule has 1 aromatic rings. The molecular weight excluding hydrogens is 216 g/mol. The number of ether oxygens (including phenoxy) is 1. The van der Waals surface area contributed by atoms with Gasteiger partial charge < -0.3 is 14.7 Å². The summed E-state index contributed by atoms with van der Waals surface area (Å²) in [7, 11) is 1.64. The summed E-state index contributed by atoms with van der Waals surface area (Å²) in [5.74, 6) is 2.21. The van der Waals surface area contributed by atoms with Gasteiger partial charge in [-0.15, -0.1) is 0 Å². The van der Waals surface area contributed by atoms with Crippen molar-refractivity contribution < 1.29 is 9.84 Å². The molecule has 0 aliphatic carbocycles. The average molecular weight is 236 g/mol. The number of aliphatic hydroxyl groups is 1. The van der Waals surface area contributed by atoms with Crippen molar-refractivity contribution in [3.63, 3.8) is 0 Å². The number of anilines is 1. The third-order valence-corrected chi connectivity index (χ3v) is 3.50. The van der Waals surface area contributed by atoms with Gasteiger partial charge in [-0.25, -0.2) is 4.98 Å². The first-order chi connectivity index (χ1) is 8.20. The summed E-state index contributed by atoms with van der Waals surface area (Å²) in [4.78, 5) is 6.64. The van der Waals surface area contributed by atoms with E-state index in [9.17, 15) is 5.11 Å². The summed E-state index contributed by atoms with van der Waals surface area (Å²) in [6, 6.07) is 3.92. The van der Waals surface area contributed by atoms with Gasteiger partial charge in [0.25, 0.3) is 0 Å². The fourth-order valence-electron chi connectivity index (χ4n) is 2.29. The highest BCUT2D eigenvalue weighted by molar-refractivity contribution is 5.41. The first-order valence-electron chi connectivity index (χ1n) is 6.13. The number of aromatic nitrogens is 1. The summed E-state index contributed by atoms with van der Waals surface area (Å²) < 4.78 is 5.09. The van der Waals surface area contributed by atoms with Crippen LogP contribution in [0.4, 0.5) is 5.82 Å². The molecule has 0 spiro atoms. The standard InChI is InChI=1S/C13H20N2O2/c1-10(16)11-5-7-15(8-6-11)13-4-3-12(17-2)9-14-13/h3-4,9-11,16H,5-8H2,1-2H3. The molecule has 1 aliphatic heterocycles. The van der Waals surface area contributed by atoms with Crippen molar-refractivity contribution in [3.8, 4) is 5.75 Å². The van der Waals surface area contributed by atoms with Crippen LogP contribution in [0.5, 0.6) is 5.75 Å². The first-order valence-corrected chi connectivity index (χ1v) is 6.13. The fourth-order valence-corrected chi connectivity index (χ4v) is 2.29. The van der Waals surface area contributed by atoms with Gasteiger partial charge in [-0.3, -0.25) is 0 Å². The highest BCUT2D eigenvalue weighted by atomic mass is 16.5. The number of methoxy groups -OCH3 is 1. The normalized spacial score (nSPS) is 19.1. The molecule has 2 rings (SSSR count). The van der Waals surface area contributed by atoms with Crippen molar-refractivity contribution >= 4 is 5.82 Å². The van der Waals surface area contributed by atoms with Gasteiger partial charge >= 0.3 is 0 Å². The number of hydrogen-bond acceptors (Lipinski definition) is 4. The molecule has 4 nitrogen and oxygen atoms in total. The van der Waals surface area contributed by atoms with Crippen molar-refractivity contribution in [1.29, 1.82) is 0 Å². The molecule has 1 aliphatic rings. The van der Waals surface area contributed by atoms with Gasteiger partial charge in [0.1, 0.15) is 11.6 Å². The molecule has 4 heteroatoms. The van der Waals surface area contributed by atoms with Crippen LogP contribution in [0.2, 0.25) is 0 Å². The zero-order chi connectivity index (χ0) is 12.3. The van der Waals surface area contributed by atoms with Crippen LogP contribution in [0.15, 0.2) is 18.3 Å². The Hall–Kier alpha value is -1.29. The Balaban J connectivity index is 1.95. The molecule has 1 unspecified atom stereocenters. The number of hydrogen-bond donors (Lipinski definition) is 1. The van der Waals surface area contributed by atoms with Crippen molar-refractivity contribution in [2.24, 2.45) is 5.92 Å². The number of rotatable bonds is 3. The van der Waals surface area contributed by atoms with E-state index in [4.69, 9.17) is 4.74 Å². The Morgan fingerprint density at radius 1 is 1.41 bits per heavy atom. The second kappa shape index (κ2) is 5.36. The minimum atomic E-state index is -0.194. The first kappa shape index (κ1) is 12.2. The molecular formula is C13H20N2O2. The van der Waals surface area contributed by atoms with Crippen LogP contribution < -0.4 is 9.64 Å². The zero-order valence-electron chi connectivity index (χ0n) is 10.5. The molecule has 1 saturated heterocycles. The smallest absolute Gasteiger partial charge is 0.137 e. The average Bonchev–Trinajstić information content (AvgIpc) is 2.39. The van der Waals surface area contributed by atoms with Crippen LogP contribution in [-0.4, -0.2) is 36.4 Å². The SMILES string of the molecule is COc1ccc(N2CCC(C(C)O)CC2)nc1. The van der Waals surface area contributed by atoms with E-state index in [-0.39, 0.29) is 6.10 Å². The van der Waals surface area contributed by atoms with Crippen LogP contribution in [0.1, 0.15) is 19.8 Å². The molecule has 94 valence electrons. The van der Waals surface area contributed by atoms with Crippen LogP contribution >= 0.6 is 0 Å². The summed E-state index contributed by atoms with van der Waals surface area (Å²) in [5, 5.41) is 9.55. The predicted octanol–water partition coefficient (Wildman–Crippen LogP) is 1.69. The molecule has 0 saturated carbocycles. The molecule has 1 atom stereocenters. The van der Waals surface area contributed by atoms with Crippen LogP contribution in [0.3, 0.4) is 0 Å². The van der Waals surface area contributed by atoms with Gasteiger partial charge in [0.05, 0.1) is 19.4 Å². The van der Waals surface area contributed by atoms with Gasteiger partial charge in [0, 0.05) is 13.1 Å². The lowest BCUT2D eigenvalue weighted by molar-refractivity contribution is 0.110. The molecule has 1 aromatic heterocycles. The van der Waals surface area contributed by atoms with E-state index in [2.05, 4.69) is 9.88 Å². The van der Waals surface area contributed by atoms with E-state index in [1.165, 1.54) is 0 Å². The van der Waals surface area contributed by atoms with Crippen LogP contribution in [0.25, 0.3) is 0 Å². The van der Waals surface area contributed by atoms with Gasteiger partial charge in [-0.1, -0.05) is 0 Å². The van der Waals surface area contributed by atoms with Gasteiger partial charge in [0.15, 0.2) is 0 Å². The minimum absolute atomic E-state index is 0.194. The maximum Gasteiger partial charge on any atom is 0.137 e. The molecule has 1 N–H and O–H groups in total. The van der Waals surface area contributed by atoms with Crippen molar-refractivity contribution in [3.05, 3.63) is 18.3 Å². The lowest BCUT2D eigenvalue weighted by Crippen LogP contribution is -2.37. The van der Waals surface area contributed by atoms with Gasteiger partial charge in [-0.2, -0.15) is 0 Å². The second-order valence-electron chi connectivity index (χ2n) is 4.62. The highest BCUT2D eigenvalue weighted by Gasteiger charge is 2.23. The maximum absolute atomic E-state index is 9.55. The Kier molecular flexibility index (Phi) is 3.84. The Morgan fingerprint density at radius 2 is 2.12 bits per heavy atom. The molecule has 0 amide bonds. The lowest BCUT2D eigenvalue weighted by atomic mass is 9.92.